The Kier molecular flexibility index (Phi) is 4.41. The van der Waals surface area contributed by atoms with Crippen molar-refractivity contribution >= 4 is 45.2 Å². The lowest BCUT2D eigenvalue weighted by Crippen LogP contribution is -2.46. The molecule has 1 atom stereocenters. The second-order valence-electron chi connectivity index (χ2n) is 8.37. The molecule has 1 aromatic carbocycles. The van der Waals surface area contributed by atoms with Crippen molar-refractivity contribution in [2.75, 3.05) is 25.5 Å². The van der Waals surface area contributed by atoms with Crippen molar-refractivity contribution in [3.8, 4) is 5.75 Å². The number of methoxy groups -OCH3 is 1. The minimum atomic E-state index is 0.0984. The van der Waals surface area contributed by atoms with Gasteiger partial charge in [-0.2, -0.15) is 0 Å². The number of rotatable bonds is 4. The van der Waals surface area contributed by atoms with E-state index in [9.17, 15) is 4.79 Å². The summed E-state index contributed by atoms with van der Waals surface area (Å²) in [5, 5.41) is 4.57. The van der Waals surface area contributed by atoms with Crippen LogP contribution in [0.15, 0.2) is 23.5 Å². The molecule has 0 spiro atoms. The van der Waals surface area contributed by atoms with E-state index >= 15 is 0 Å². The van der Waals surface area contributed by atoms with Crippen molar-refractivity contribution in [1.29, 1.82) is 0 Å². The molecule has 1 aliphatic carbocycles. The van der Waals surface area contributed by atoms with E-state index in [1.807, 2.05) is 17.2 Å². The number of aliphatic imine (C=N–C) groups is 1. The molecule has 8 heteroatoms. The summed E-state index contributed by atoms with van der Waals surface area (Å²) in [5.74, 6) is 1.99. The second kappa shape index (κ2) is 7.30. The molecule has 0 bridgehead atoms. The predicted octanol–water partition coefficient (Wildman–Crippen LogP) is 3.71. The normalized spacial score (nSPS) is 19.1. The smallest absolute Gasteiger partial charge is 0.226 e. The Hall–Kier alpha value is -3.00. The van der Waals surface area contributed by atoms with Gasteiger partial charge >= 0.3 is 0 Å². The summed E-state index contributed by atoms with van der Waals surface area (Å²) < 4.78 is 5.63. The molecule has 3 aliphatic rings. The van der Waals surface area contributed by atoms with Crippen LogP contribution in [0, 0.1) is 5.92 Å². The molecule has 0 unspecified atom stereocenters. The SMILES string of the molecule is COc1cc2c(cc1Nc1ncnc3sc4c(c13)CC[C@H](C(=O)N1CCC1)C4)C=NC2. The molecule has 7 nitrogen and oxygen atoms in total. The lowest BCUT2D eigenvalue weighted by molar-refractivity contribution is -0.139. The number of carbonyl (C=O) groups is 1. The van der Waals surface area contributed by atoms with E-state index < -0.39 is 0 Å². The Morgan fingerprint density at radius 3 is 3.00 bits per heavy atom. The highest BCUT2D eigenvalue weighted by Crippen LogP contribution is 2.42. The summed E-state index contributed by atoms with van der Waals surface area (Å²) in [6.07, 6.45) is 7.23. The number of ether oxygens (including phenoxy) is 1. The van der Waals surface area contributed by atoms with Gasteiger partial charge in [0, 0.05) is 30.1 Å². The third kappa shape index (κ3) is 3.08. The zero-order chi connectivity index (χ0) is 20.9. The Labute approximate surface area is 184 Å². The number of carbonyl (C=O) groups excluding carboxylic acids is 1. The van der Waals surface area contributed by atoms with Gasteiger partial charge < -0.3 is 15.0 Å². The van der Waals surface area contributed by atoms with Crippen LogP contribution in [-0.2, 0) is 24.2 Å². The van der Waals surface area contributed by atoms with E-state index in [-0.39, 0.29) is 5.92 Å². The van der Waals surface area contributed by atoms with Crippen LogP contribution in [0.1, 0.15) is 34.4 Å². The highest BCUT2D eigenvalue weighted by atomic mass is 32.1. The third-order valence-corrected chi connectivity index (χ3v) is 7.73. The Morgan fingerprint density at radius 1 is 1.29 bits per heavy atom. The van der Waals surface area contributed by atoms with Gasteiger partial charge in [0.1, 0.15) is 22.7 Å². The highest BCUT2D eigenvalue weighted by Gasteiger charge is 2.33. The molecule has 6 rings (SSSR count). The minimum absolute atomic E-state index is 0.0984. The number of aryl methyl sites for hydroxylation is 1. The maximum Gasteiger partial charge on any atom is 0.226 e. The second-order valence-corrected chi connectivity index (χ2v) is 9.45. The quantitative estimate of drug-likeness (QED) is 0.678. The van der Waals surface area contributed by atoms with Crippen molar-refractivity contribution in [2.24, 2.45) is 10.9 Å². The maximum absolute atomic E-state index is 12.7. The van der Waals surface area contributed by atoms with Crippen LogP contribution in [-0.4, -0.2) is 47.2 Å². The Morgan fingerprint density at radius 2 is 2.19 bits per heavy atom. The molecule has 0 radical (unpaired) electrons. The first kappa shape index (κ1) is 18.7. The lowest BCUT2D eigenvalue weighted by atomic mass is 9.86. The van der Waals surface area contributed by atoms with Crippen molar-refractivity contribution in [3.05, 3.63) is 40.0 Å². The average Bonchev–Trinajstić information content (AvgIpc) is 3.35. The predicted molar refractivity (Wildman–Crippen MR) is 122 cm³/mol. The van der Waals surface area contributed by atoms with E-state index in [4.69, 9.17) is 4.74 Å². The van der Waals surface area contributed by atoms with E-state index in [0.29, 0.717) is 12.5 Å². The van der Waals surface area contributed by atoms with Gasteiger partial charge in [0.15, 0.2) is 0 Å². The Bertz CT molecular complexity index is 1230. The van der Waals surface area contributed by atoms with Crippen LogP contribution < -0.4 is 10.1 Å². The number of aromatic nitrogens is 2. The van der Waals surface area contributed by atoms with Gasteiger partial charge in [-0.1, -0.05) is 0 Å². The summed E-state index contributed by atoms with van der Waals surface area (Å²) in [5.41, 5.74) is 4.43. The number of anilines is 2. The Balaban J connectivity index is 1.35. The number of nitrogens with zero attached hydrogens (tertiary/aromatic N) is 4. The maximum atomic E-state index is 12.7. The summed E-state index contributed by atoms with van der Waals surface area (Å²) >= 11 is 1.70. The number of benzene rings is 1. The molecule has 31 heavy (non-hydrogen) atoms. The number of hydrogen-bond donors (Lipinski definition) is 1. The molecule has 0 saturated carbocycles. The molecule has 2 aliphatic heterocycles. The van der Waals surface area contributed by atoms with Crippen LogP contribution in [0.3, 0.4) is 0 Å². The molecule has 158 valence electrons. The number of likely N-dealkylation sites (tertiary alicyclic amines) is 1. The third-order valence-electron chi connectivity index (χ3n) is 6.57. The van der Waals surface area contributed by atoms with E-state index in [1.54, 1.807) is 24.8 Å². The van der Waals surface area contributed by atoms with E-state index in [0.717, 1.165) is 71.8 Å². The van der Waals surface area contributed by atoms with Crippen LogP contribution in [0.25, 0.3) is 10.2 Å². The van der Waals surface area contributed by atoms with Gasteiger partial charge in [-0.15, -0.1) is 11.3 Å². The van der Waals surface area contributed by atoms with E-state index in [1.165, 1.54) is 16.0 Å². The molecule has 4 heterocycles. The number of thiophene rings is 1. The first-order valence-corrected chi connectivity index (χ1v) is 11.5. The molecule has 1 saturated heterocycles. The lowest BCUT2D eigenvalue weighted by Gasteiger charge is -2.35. The molecular weight excluding hydrogens is 410 g/mol. The zero-order valence-electron chi connectivity index (χ0n) is 17.4. The monoisotopic (exact) mass is 433 g/mol. The van der Waals surface area contributed by atoms with Gasteiger partial charge in [0.2, 0.25) is 5.91 Å². The summed E-state index contributed by atoms with van der Waals surface area (Å²) in [6, 6.07) is 4.11. The molecule has 1 amide bonds. The van der Waals surface area contributed by atoms with E-state index in [2.05, 4.69) is 26.3 Å². The first-order valence-electron chi connectivity index (χ1n) is 10.7. The largest absolute Gasteiger partial charge is 0.495 e. The van der Waals surface area contributed by atoms with Crippen molar-refractivity contribution in [3.63, 3.8) is 0 Å². The number of hydrogen-bond acceptors (Lipinski definition) is 7. The van der Waals surface area contributed by atoms with Gasteiger partial charge in [-0.25, -0.2) is 9.97 Å². The summed E-state index contributed by atoms with van der Waals surface area (Å²) in [6.45, 7) is 2.53. The fourth-order valence-electron chi connectivity index (χ4n) is 4.74. The number of amides is 1. The molecule has 3 aromatic rings. The van der Waals surface area contributed by atoms with Crippen LogP contribution in [0.2, 0.25) is 0 Å². The standard InChI is InChI=1S/C23H23N5O2S/c1-30-18-8-15-11-24-10-14(15)7-17(18)27-21-20-16-4-3-13(23(29)28-5-2-6-28)9-19(16)31-22(20)26-12-25-21/h7-8,10,12-13H,2-6,9,11H2,1H3,(H,25,26,27)/t13-/m0/s1. The molecule has 1 N–H and O–H groups in total. The number of nitrogens with one attached hydrogen (secondary N) is 1. The molecule has 1 fully saturated rings. The van der Waals surface area contributed by atoms with Crippen LogP contribution in [0.5, 0.6) is 5.75 Å². The highest BCUT2D eigenvalue weighted by molar-refractivity contribution is 7.19. The van der Waals surface area contributed by atoms with Crippen molar-refractivity contribution in [1.82, 2.24) is 14.9 Å². The van der Waals surface area contributed by atoms with Gasteiger partial charge in [0.05, 0.1) is 24.7 Å². The van der Waals surface area contributed by atoms with Gasteiger partial charge in [-0.3, -0.25) is 9.79 Å². The first-order chi connectivity index (χ1) is 15.2. The zero-order valence-corrected chi connectivity index (χ0v) is 18.2. The van der Waals surface area contributed by atoms with Crippen LogP contribution >= 0.6 is 11.3 Å². The summed E-state index contributed by atoms with van der Waals surface area (Å²) in [7, 11) is 1.68. The number of fused-ring (bicyclic) bond motifs is 4. The van der Waals surface area contributed by atoms with Crippen molar-refractivity contribution in [2.45, 2.75) is 32.2 Å². The average molecular weight is 434 g/mol. The fraction of sp³-hybridized carbons (Fsp3) is 0.391. The van der Waals surface area contributed by atoms with Gasteiger partial charge in [-0.05, 0) is 54.5 Å². The molecular formula is C23H23N5O2S. The minimum Gasteiger partial charge on any atom is -0.495 e. The van der Waals surface area contributed by atoms with Crippen LogP contribution in [0.4, 0.5) is 11.5 Å². The van der Waals surface area contributed by atoms with Gasteiger partial charge in [0.25, 0.3) is 0 Å². The molecule has 2 aromatic heterocycles. The van der Waals surface area contributed by atoms with Crippen molar-refractivity contribution < 1.29 is 9.53 Å². The topological polar surface area (TPSA) is 79.7 Å². The summed E-state index contributed by atoms with van der Waals surface area (Å²) in [4.78, 5) is 30.5. The fourth-order valence-corrected chi connectivity index (χ4v) is 6.01.